The summed E-state index contributed by atoms with van der Waals surface area (Å²) in [7, 11) is 1.44. The van der Waals surface area contributed by atoms with Crippen LogP contribution in [0.1, 0.15) is 37.2 Å². The van der Waals surface area contributed by atoms with E-state index in [1.807, 2.05) is 0 Å². The summed E-state index contributed by atoms with van der Waals surface area (Å²) in [5.74, 6) is -1.21. The molecule has 1 aliphatic carbocycles. The molecule has 1 aromatic carbocycles. The van der Waals surface area contributed by atoms with Gasteiger partial charge in [-0.25, -0.2) is 0 Å². The minimum absolute atomic E-state index is 0.0308. The molecule has 1 N–H and O–H groups in total. The van der Waals surface area contributed by atoms with Crippen LogP contribution in [0, 0.1) is 5.92 Å². The smallest absolute Gasteiger partial charge is 0.481 e. The maximum atomic E-state index is 12.4. The van der Waals surface area contributed by atoms with Crippen LogP contribution < -0.4 is 9.47 Å². The Balaban J connectivity index is 2.20. The first-order chi connectivity index (χ1) is 11.3. The lowest BCUT2D eigenvalue weighted by Crippen LogP contribution is -2.21. The number of halogens is 3. The van der Waals surface area contributed by atoms with Crippen LogP contribution in [-0.4, -0.2) is 31.3 Å². The van der Waals surface area contributed by atoms with Crippen molar-refractivity contribution in [2.45, 2.75) is 38.0 Å². The van der Waals surface area contributed by atoms with Gasteiger partial charge in [-0.3, -0.25) is 4.79 Å². The lowest BCUT2D eigenvalue weighted by molar-refractivity contribution is -0.274. The number of hydrogen-bond acceptors (Lipinski definition) is 4. The van der Waals surface area contributed by atoms with Gasteiger partial charge in [0.15, 0.2) is 6.79 Å². The molecule has 0 heterocycles. The largest absolute Gasteiger partial charge is 0.573 e. The van der Waals surface area contributed by atoms with Crippen molar-refractivity contribution in [1.82, 2.24) is 0 Å². The molecule has 0 radical (unpaired) electrons. The third-order valence-electron chi connectivity index (χ3n) is 4.06. The number of aliphatic carboxylic acids is 1. The standard InChI is InChI=1S/C16H19F3O5/c1-22-9-23-14-7-6-12(24-16(17,18)19)8-13(14)10-2-4-11(5-3-10)15(20)21/h6-8,10-11H,2-5,9H2,1H3,(H,20,21). The molecule has 1 saturated carbocycles. The Morgan fingerprint density at radius 2 is 1.92 bits per heavy atom. The van der Waals surface area contributed by atoms with Crippen LogP contribution >= 0.6 is 0 Å². The Bertz CT molecular complexity index is 565. The van der Waals surface area contributed by atoms with Gasteiger partial charge in [0.2, 0.25) is 0 Å². The molecular formula is C16H19F3O5. The van der Waals surface area contributed by atoms with Crippen LogP contribution in [0.3, 0.4) is 0 Å². The summed E-state index contributed by atoms with van der Waals surface area (Å²) in [4.78, 5) is 11.0. The number of methoxy groups -OCH3 is 1. The molecule has 0 atom stereocenters. The first-order valence-electron chi connectivity index (χ1n) is 7.54. The van der Waals surface area contributed by atoms with Crippen molar-refractivity contribution in [2.75, 3.05) is 13.9 Å². The number of carbonyl (C=O) groups is 1. The van der Waals surface area contributed by atoms with Crippen molar-refractivity contribution in [3.05, 3.63) is 23.8 Å². The molecule has 0 spiro atoms. The highest BCUT2D eigenvalue weighted by Gasteiger charge is 2.33. The second-order valence-corrected chi connectivity index (χ2v) is 5.69. The van der Waals surface area contributed by atoms with Crippen LogP contribution in [0.15, 0.2) is 18.2 Å². The number of ether oxygens (including phenoxy) is 3. The van der Waals surface area contributed by atoms with Gasteiger partial charge in [-0.2, -0.15) is 0 Å². The molecule has 1 aromatic rings. The minimum atomic E-state index is -4.77. The Labute approximate surface area is 137 Å². The number of rotatable bonds is 6. The van der Waals surface area contributed by atoms with E-state index < -0.39 is 18.2 Å². The molecule has 0 saturated heterocycles. The van der Waals surface area contributed by atoms with E-state index in [9.17, 15) is 18.0 Å². The van der Waals surface area contributed by atoms with E-state index in [1.165, 1.54) is 25.3 Å². The van der Waals surface area contributed by atoms with Crippen molar-refractivity contribution >= 4 is 5.97 Å². The SMILES string of the molecule is COCOc1ccc(OC(F)(F)F)cc1C1CCC(C(=O)O)CC1. The van der Waals surface area contributed by atoms with Crippen LogP contribution in [0.25, 0.3) is 0 Å². The summed E-state index contributed by atoms with van der Waals surface area (Å²) in [6.45, 7) is -0.0308. The highest BCUT2D eigenvalue weighted by atomic mass is 19.4. The molecule has 0 aliphatic heterocycles. The van der Waals surface area contributed by atoms with Crippen LogP contribution in [-0.2, 0) is 9.53 Å². The van der Waals surface area contributed by atoms with Crippen molar-refractivity contribution < 1.29 is 37.3 Å². The van der Waals surface area contributed by atoms with Gasteiger partial charge < -0.3 is 19.3 Å². The molecule has 1 fully saturated rings. The monoisotopic (exact) mass is 348 g/mol. The second kappa shape index (κ2) is 7.74. The van der Waals surface area contributed by atoms with Crippen LogP contribution in [0.5, 0.6) is 11.5 Å². The van der Waals surface area contributed by atoms with Gasteiger partial charge in [0.05, 0.1) is 5.92 Å². The number of carboxylic acids is 1. The van der Waals surface area contributed by atoms with Gasteiger partial charge in [-0.1, -0.05) is 0 Å². The maximum Gasteiger partial charge on any atom is 0.573 e. The van der Waals surface area contributed by atoms with Crippen molar-refractivity contribution in [3.63, 3.8) is 0 Å². The highest BCUT2D eigenvalue weighted by molar-refractivity contribution is 5.70. The minimum Gasteiger partial charge on any atom is -0.481 e. The Morgan fingerprint density at radius 3 is 2.46 bits per heavy atom. The highest BCUT2D eigenvalue weighted by Crippen LogP contribution is 2.41. The van der Waals surface area contributed by atoms with Gasteiger partial charge in [0.1, 0.15) is 11.5 Å². The maximum absolute atomic E-state index is 12.4. The van der Waals surface area contributed by atoms with Crippen molar-refractivity contribution in [1.29, 1.82) is 0 Å². The zero-order chi connectivity index (χ0) is 17.7. The first-order valence-corrected chi connectivity index (χ1v) is 7.54. The number of benzene rings is 1. The zero-order valence-corrected chi connectivity index (χ0v) is 13.1. The lowest BCUT2D eigenvalue weighted by atomic mass is 9.78. The van der Waals surface area contributed by atoms with Gasteiger partial charge in [-0.15, -0.1) is 13.2 Å². The predicted molar refractivity (Wildman–Crippen MR) is 78.0 cm³/mol. The van der Waals surface area contributed by atoms with E-state index >= 15 is 0 Å². The Hall–Kier alpha value is -1.96. The molecule has 0 bridgehead atoms. The number of hydrogen-bond donors (Lipinski definition) is 1. The molecule has 5 nitrogen and oxygen atoms in total. The zero-order valence-electron chi connectivity index (χ0n) is 13.1. The van der Waals surface area contributed by atoms with Gasteiger partial charge >= 0.3 is 12.3 Å². The van der Waals surface area contributed by atoms with E-state index in [4.69, 9.17) is 14.6 Å². The average Bonchev–Trinajstić information content (AvgIpc) is 2.52. The van der Waals surface area contributed by atoms with Crippen molar-refractivity contribution in [2.24, 2.45) is 5.92 Å². The molecule has 1 aliphatic rings. The molecule has 24 heavy (non-hydrogen) atoms. The van der Waals surface area contributed by atoms with Crippen LogP contribution in [0.4, 0.5) is 13.2 Å². The van der Waals surface area contributed by atoms with Gasteiger partial charge in [0, 0.05) is 12.7 Å². The summed E-state index contributed by atoms with van der Waals surface area (Å²) in [6, 6.07) is 3.91. The molecule has 0 unspecified atom stereocenters. The molecule has 8 heteroatoms. The molecule has 0 aromatic heterocycles. The van der Waals surface area contributed by atoms with Crippen molar-refractivity contribution in [3.8, 4) is 11.5 Å². The quantitative estimate of drug-likeness (QED) is 0.789. The third-order valence-corrected chi connectivity index (χ3v) is 4.06. The van der Waals surface area contributed by atoms with Crippen LogP contribution in [0.2, 0.25) is 0 Å². The Kier molecular flexibility index (Phi) is 5.93. The van der Waals surface area contributed by atoms with E-state index in [0.29, 0.717) is 37.0 Å². The number of carboxylic acid groups (broad SMARTS) is 1. The normalized spacial score (nSPS) is 21.3. The average molecular weight is 348 g/mol. The summed E-state index contributed by atoms with van der Waals surface area (Å²) in [6.07, 6.45) is -2.68. The van der Waals surface area contributed by atoms with E-state index in [2.05, 4.69) is 4.74 Å². The molecule has 0 amide bonds. The third kappa shape index (κ3) is 5.02. The summed E-state index contributed by atoms with van der Waals surface area (Å²) in [5, 5.41) is 9.05. The fourth-order valence-electron chi connectivity index (χ4n) is 2.95. The fourth-order valence-corrected chi connectivity index (χ4v) is 2.95. The summed E-state index contributed by atoms with van der Waals surface area (Å²) >= 11 is 0. The predicted octanol–water partition coefficient (Wildman–Crippen LogP) is 3.93. The molecule has 134 valence electrons. The summed E-state index contributed by atoms with van der Waals surface area (Å²) in [5.41, 5.74) is 0.581. The van der Waals surface area contributed by atoms with E-state index in [1.54, 1.807) is 0 Å². The van der Waals surface area contributed by atoms with E-state index in [0.717, 1.165) is 0 Å². The molecular weight excluding hydrogens is 329 g/mol. The van der Waals surface area contributed by atoms with Gasteiger partial charge in [-0.05, 0) is 49.8 Å². The summed E-state index contributed by atoms with van der Waals surface area (Å²) < 4.78 is 51.5. The Morgan fingerprint density at radius 1 is 1.25 bits per heavy atom. The van der Waals surface area contributed by atoms with Gasteiger partial charge in [0.25, 0.3) is 0 Å². The molecule has 2 rings (SSSR count). The first kappa shape index (κ1) is 18.4. The topological polar surface area (TPSA) is 65.0 Å². The van der Waals surface area contributed by atoms with E-state index in [-0.39, 0.29) is 18.5 Å². The lowest BCUT2D eigenvalue weighted by Gasteiger charge is -2.28. The fraction of sp³-hybridized carbons (Fsp3) is 0.562. The second-order valence-electron chi connectivity index (χ2n) is 5.69. The number of alkyl halides is 3.